The summed E-state index contributed by atoms with van der Waals surface area (Å²) in [7, 11) is 1.97. The van der Waals surface area contributed by atoms with Crippen molar-refractivity contribution in [2.24, 2.45) is 7.05 Å². The first-order chi connectivity index (χ1) is 17.3. The van der Waals surface area contributed by atoms with Gasteiger partial charge in [0, 0.05) is 30.5 Å². The molecule has 0 aliphatic carbocycles. The first-order valence-electron chi connectivity index (χ1n) is 11.8. The van der Waals surface area contributed by atoms with Crippen LogP contribution >= 0.6 is 0 Å². The molecule has 36 heavy (non-hydrogen) atoms. The van der Waals surface area contributed by atoms with E-state index >= 15 is 0 Å². The lowest BCUT2D eigenvalue weighted by Crippen LogP contribution is -2.32. The van der Waals surface area contributed by atoms with Crippen LogP contribution in [-0.2, 0) is 13.6 Å². The zero-order valence-corrected chi connectivity index (χ0v) is 20.5. The van der Waals surface area contributed by atoms with Crippen LogP contribution in [0.1, 0.15) is 42.7 Å². The summed E-state index contributed by atoms with van der Waals surface area (Å²) < 4.78 is 3.39. The van der Waals surface area contributed by atoms with E-state index in [1.807, 2.05) is 61.9 Å². The molecule has 5 rings (SSSR count). The molecular formula is C27H26N6O3. The standard InChI is InChI=1S/C27H26N6O3/c1-5-33-24-22(26(35)31-27(33)36)18(14-20(30-24)15(2)3)25(34)28-17-12-10-16(11-13-17)23-29-19-8-6-7-9-21(19)32(23)4/h6-15H,5H2,1-4H3,(H,28,34)(H,31,35,36). The van der Waals surface area contributed by atoms with Gasteiger partial charge >= 0.3 is 5.69 Å². The molecule has 0 saturated carbocycles. The summed E-state index contributed by atoms with van der Waals surface area (Å²) in [5.74, 6) is 0.361. The second-order valence-electron chi connectivity index (χ2n) is 8.97. The van der Waals surface area contributed by atoms with E-state index in [1.54, 1.807) is 25.1 Å². The fourth-order valence-corrected chi connectivity index (χ4v) is 4.37. The van der Waals surface area contributed by atoms with E-state index in [1.165, 1.54) is 4.57 Å². The average Bonchev–Trinajstić information content (AvgIpc) is 3.20. The van der Waals surface area contributed by atoms with Gasteiger partial charge in [0.25, 0.3) is 11.5 Å². The van der Waals surface area contributed by atoms with Crippen LogP contribution in [0.25, 0.3) is 33.5 Å². The van der Waals surface area contributed by atoms with Gasteiger partial charge in [-0.3, -0.25) is 19.1 Å². The van der Waals surface area contributed by atoms with Crippen molar-refractivity contribution in [3.63, 3.8) is 0 Å². The quantitative estimate of drug-likeness (QED) is 0.392. The van der Waals surface area contributed by atoms with Gasteiger partial charge in [-0.2, -0.15) is 0 Å². The van der Waals surface area contributed by atoms with E-state index in [4.69, 9.17) is 4.98 Å². The van der Waals surface area contributed by atoms with Crippen LogP contribution in [0.3, 0.4) is 0 Å². The fourth-order valence-electron chi connectivity index (χ4n) is 4.37. The van der Waals surface area contributed by atoms with Crippen molar-refractivity contribution in [1.29, 1.82) is 0 Å². The van der Waals surface area contributed by atoms with Crippen LogP contribution in [0, 0.1) is 0 Å². The normalized spacial score (nSPS) is 11.5. The van der Waals surface area contributed by atoms with Gasteiger partial charge in [0.2, 0.25) is 0 Å². The van der Waals surface area contributed by atoms with Crippen molar-refractivity contribution in [2.45, 2.75) is 33.2 Å². The Kier molecular flexibility index (Phi) is 5.75. The van der Waals surface area contributed by atoms with E-state index < -0.39 is 17.2 Å². The van der Waals surface area contributed by atoms with Crippen molar-refractivity contribution in [3.05, 3.63) is 86.7 Å². The Morgan fingerprint density at radius 3 is 2.44 bits per heavy atom. The van der Waals surface area contributed by atoms with E-state index in [2.05, 4.69) is 15.3 Å². The molecule has 2 N–H and O–H groups in total. The Morgan fingerprint density at radius 2 is 1.78 bits per heavy atom. The third-order valence-electron chi connectivity index (χ3n) is 6.31. The summed E-state index contributed by atoms with van der Waals surface area (Å²) in [6, 6.07) is 16.9. The number of nitrogens with one attached hydrogen (secondary N) is 2. The number of aromatic nitrogens is 5. The van der Waals surface area contributed by atoms with Crippen LogP contribution < -0.4 is 16.6 Å². The average molecular weight is 483 g/mol. The van der Waals surface area contributed by atoms with E-state index in [0.29, 0.717) is 17.9 Å². The highest BCUT2D eigenvalue weighted by Gasteiger charge is 2.20. The number of hydrogen-bond donors (Lipinski definition) is 2. The number of carbonyl (C=O) groups is 1. The summed E-state index contributed by atoms with van der Waals surface area (Å²) in [5, 5.41) is 2.97. The fraction of sp³-hybridized carbons (Fsp3) is 0.222. The summed E-state index contributed by atoms with van der Waals surface area (Å²) in [4.78, 5) is 50.0. The third kappa shape index (κ3) is 3.88. The number of amides is 1. The van der Waals surface area contributed by atoms with Gasteiger partial charge in [-0.1, -0.05) is 26.0 Å². The van der Waals surface area contributed by atoms with Crippen molar-refractivity contribution < 1.29 is 4.79 Å². The van der Waals surface area contributed by atoms with Crippen LogP contribution in [0.4, 0.5) is 5.69 Å². The Hall–Kier alpha value is -4.53. The topological polar surface area (TPSA) is 115 Å². The monoisotopic (exact) mass is 482 g/mol. The molecule has 1 amide bonds. The molecule has 5 aromatic rings. The number of hydrogen-bond acceptors (Lipinski definition) is 5. The number of fused-ring (bicyclic) bond motifs is 2. The minimum Gasteiger partial charge on any atom is -0.327 e. The maximum absolute atomic E-state index is 13.4. The number of H-pyrrole nitrogens is 1. The van der Waals surface area contributed by atoms with Crippen molar-refractivity contribution in [3.8, 4) is 11.4 Å². The van der Waals surface area contributed by atoms with E-state index in [-0.39, 0.29) is 22.5 Å². The molecular weight excluding hydrogens is 456 g/mol. The number of carbonyl (C=O) groups excluding carboxylic acids is 1. The summed E-state index contributed by atoms with van der Waals surface area (Å²) >= 11 is 0. The first-order valence-corrected chi connectivity index (χ1v) is 11.8. The minimum absolute atomic E-state index is 0.00627. The Labute approximate surface area is 206 Å². The number of nitrogens with zero attached hydrogens (tertiary/aromatic N) is 4. The third-order valence-corrected chi connectivity index (χ3v) is 6.31. The van der Waals surface area contributed by atoms with Gasteiger partial charge in [-0.05, 0) is 55.3 Å². The van der Waals surface area contributed by atoms with Crippen molar-refractivity contribution in [2.75, 3.05) is 5.32 Å². The number of aromatic amines is 1. The number of rotatable bonds is 5. The molecule has 0 unspecified atom stereocenters. The molecule has 0 atom stereocenters. The molecule has 0 aliphatic rings. The molecule has 0 radical (unpaired) electrons. The number of pyridine rings is 1. The predicted molar refractivity (Wildman–Crippen MR) is 140 cm³/mol. The second-order valence-corrected chi connectivity index (χ2v) is 8.97. The molecule has 0 aliphatic heterocycles. The predicted octanol–water partition coefficient (Wildman–Crippen LogP) is 4.03. The lowest BCUT2D eigenvalue weighted by molar-refractivity contribution is 0.102. The second kappa shape index (κ2) is 8.92. The summed E-state index contributed by atoms with van der Waals surface area (Å²) in [5.41, 5.74) is 3.24. The van der Waals surface area contributed by atoms with Gasteiger partial charge in [-0.15, -0.1) is 0 Å². The largest absolute Gasteiger partial charge is 0.329 e. The molecule has 3 aromatic heterocycles. The summed E-state index contributed by atoms with van der Waals surface area (Å²) in [6.45, 7) is 5.98. The molecule has 0 saturated heterocycles. The zero-order chi connectivity index (χ0) is 25.6. The Bertz CT molecular complexity index is 1740. The van der Waals surface area contributed by atoms with Crippen LogP contribution in [0.2, 0.25) is 0 Å². The molecule has 0 spiro atoms. The molecule has 3 heterocycles. The van der Waals surface area contributed by atoms with Crippen LogP contribution in [0.15, 0.2) is 64.2 Å². The van der Waals surface area contributed by atoms with Gasteiger partial charge in [0.15, 0.2) is 5.65 Å². The SMILES string of the molecule is CCn1c(=O)[nH]c(=O)c2c(C(=O)Nc3ccc(-c4nc5ccccc5n4C)cc3)cc(C(C)C)nc21. The van der Waals surface area contributed by atoms with E-state index in [0.717, 1.165) is 22.4 Å². The maximum Gasteiger partial charge on any atom is 0.329 e. The molecule has 0 bridgehead atoms. The van der Waals surface area contributed by atoms with Gasteiger partial charge in [-0.25, -0.2) is 14.8 Å². The highest BCUT2D eigenvalue weighted by Crippen LogP contribution is 2.26. The van der Waals surface area contributed by atoms with Crippen LogP contribution in [0.5, 0.6) is 0 Å². The van der Waals surface area contributed by atoms with Gasteiger partial charge in [0.1, 0.15) is 5.82 Å². The minimum atomic E-state index is -0.634. The number of imidazole rings is 1. The highest BCUT2D eigenvalue weighted by molar-refractivity contribution is 6.12. The maximum atomic E-state index is 13.4. The van der Waals surface area contributed by atoms with Crippen molar-refractivity contribution >= 4 is 33.7 Å². The van der Waals surface area contributed by atoms with E-state index in [9.17, 15) is 14.4 Å². The highest BCUT2D eigenvalue weighted by atomic mass is 16.2. The van der Waals surface area contributed by atoms with Crippen LogP contribution in [-0.4, -0.2) is 30.0 Å². The smallest absolute Gasteiger partial charge is 0.327 e. The lowest BCUT2D eigenvalue weighted by Gasteiger charge is -2.14. The Morgan fingerprint density at radius 1 is 1.06 bits per heavy atom. The number of para-hydroxylation sites is 2. The lowest BCUT2D eigenvalue weighted by atomic mass is 10.0. The number of aryl methyl sites for hydroxylation is 2. The number of anilines is 1. The Balaban J connectivity index is 1.53. The molecule has 182 valence electrons. The van der Waals surface area contributed by atoms with Gasteiger partial charge < -0.3 is 9.88 Å². The van der Waals surface area contributed by atoms with Gasteiger partial charge in [0.05, 0.1) is 22.0 Å². The molecule has 9 nitrogen and oxygen atoms in total. The number of benzene rings is 2. The molecule has 2 aromatic carbocycles. The zero-order valence-electron chi connectivity index (χ0n) is 20.5. The van der Waals surface area contributed by atoms with Crippen molar-refractivity contribution in [1.82, 2.24) is 24.1 Å². The first kappa shape index (κ1) is 23.2. The molecule has 9 heteroatoms. The summed E-state index contributed by atoms with van der Waals surface area (Å²) in [6.07, 6.45) is 0. The molecule has 0 fully saturated rings.